The lowest BCUT2D eigenvalue weighted by atomic mass is 10.1. The van der Waals surface area contributed by atoms with E-state index < -0.39 is 0 Å². The second kappa shape index (κ2) is 6.38. The molecule has 0 radical (unpaired) electrons. The summed E-state index contributed by atoms with van der Waals surface area (Å²) in [7, 11) is 0. The first-order chi connectivity index (χ1) is 13.6. The third-order valence-corrected chi connectivity index (χ3v) is 5.88. The number of nitrogens with one attached hydrogen (secondary N) is 2. The van der Waals surface area contributed by atoms with Crippen molar-refractivity contribution in [2.75, 3.05) is 5.32 Å². The van der Waals surface area contributed by atoms with Crippen molar-refractivity contribution in [3.05, 3.63) is 70.5 Å². The van der Waals surface area contributed by atoms with E-state index in [2.05, 4.69) is 25.6 Å². The molecule has 4 heterocycles. The van der Waals surface area contributed by atoms with Crippen molar-refractivity contribution in [2.24, 2.45) is 0 Å². The average Bonchev–Trinajstić information content (AvgIpc) is 3.08. The van der Waals surface area contributed by atoms with Gasteiger partial charge in [0.25, 0.3) is 5.91 Å². The molecule has 2 N–H and O–H groups in total. The number of pyridine rings is 1. The van der Waals surface area contributed by atoms with Gasteiger partial charge in [-0.25, -0.2) is 15.0 Å². The van der Waals surface area contributed by atoms with Crippen molar-refractivity contribution in [1.82, 2.24) is 20.3 Å². The molecule has 1 unspecified atom stereocenters. The van der Waals surface area contributed by atoms with E-state index in [1.54, 1.807) is 12.4 Å². The highest BCUT2D eigenvalue weighted by atomic mass is 32.1. The van der Waals surface area contributed by atoms with Crippen LogP contribution in [0.4, 0.5) is 5.69 Å². The number of nitrogens with zero attached hydrogens (tertiary/aromatic N) is 3. The van der Waals surface area contributed by atoms with Crippen molar-refractivity contribution in [2.45, 2.75) is 20.0 Å². The first kappa shape index (κ1) is 16.8. The number of benzene rings is 1. The summed E-state index contributed by atoms with van der Waals surface area (Å²) in [6.45, 7) is 4.01. The molecule has 7 heteroatoms. The molecular formula is C21H17N5OS. The SMILES string of the molecule is Cc1cc(C)c2c3c(sc2n1)C(=O)NC(c1cnc(-c2ccccc2)nc1)N3. The summed E-state index contributed by atoms with van der Waals surface area (Å²) >= 11 is 1.42. The number of carbonyl (C=O) groups excluding carboxylic acids is 1. The lowest BCUT2D eigenvalue weighted by molar-refractivity contribution is 0.0940. The number of hydrogen-bond donors (Lipinski definition) is 2. The number of fused-ring (bicyclic) bond motifs is 3. The molecule has 0 aliphatic carbocycles. The van der Waals surface area contributed by atoms with E-state index in [0.29, 0.717) is 10.7 Å². The molecular weight excluding hydrogens is 370 g/mol. The minimum Gasteiger partial charge on any atom is -0.360 e. The highest BCUT2D eigenvalue weighted by molar-refractivity contribution is 7.21. The molecule has 5 rings (SSSR count). The van der Waals surface area contributed by atoms with Crippen molar-refractivity contribution in [3.8, 4) is 11.4 Å². The molecule has 0 saturated heterocycles. The molecule has 3 aromatic heterocycles. The Balaban J connectivity index is 1.52. The van der Waals surface area contributed by atoms with E-state index in [4.69, 9.17) is 0 Å². The van der Waals surface area contributed by atoms with Crippen LogP contribution in [0.1, 0.15) is 32.7 Å². The summed E-state index contributed by atoms with van der Waals surface area (Å²) in [5, 5.41) is 7.45. The average molecular weight is 387 g/mol. The van der Waals surface area contributed by atoms with Gasteiger partial charge in [0.05, 0.1) is 5.69 Å². The lowest BCUT2D eigenvalue weighted by Crippen LogP contribution is -2.37. The van der Waals surface area contributed by atoms with Crippen molar-refractivity contribution in [3.63, 3.8) is 0 Å². The highest BCUT2D eigenvalue weighted by Gasteiger charge is 2.30. The molecule has 1 amide bonds. The molecule has 4 aromatic rings. The fraction of sp³-hybridized carbons (Fsp3) is 0.143. The van der Waals surface area contributed by atoms with Crippen LogP contribution in [-0.2, 0) is 0 Å². The number of amides is 1. The van der Waals surface area contributed by atoms with Gasteiger partial charge in [-0.1, -0.05) is 30.3 Å². The molecule has 1 aliphatic rings. The number of thiophene rings is 1. The highest BCUT2D eigenvalue weighted by Crippen LogP contribution is 2.40. The van der Waals surface area contributed by atoms with E-state index in [9.17, 15) is 4.79 Å². The topological polar surface area (TPSA) is 79.8 Å². The molecule has 28 heavy (non-hydrogen) atoms. The van der Waals surface area contributed by atoms with Gasteiger partial charge in [0.15, 0.2) is 5.82 Å². The molecule has 6 nitrogen and oxygen atoms in total. The van der Waals surface area contributed by atoms with Gasteiger partial charge >= 0.3 is 0 Å². The van der Waals surface area contributed by atoms with Crippen LogP contribution >= 0.6 is 11.3 Å². The molecule has 0 bridgehead atoms. The predicted molar refractivity (Wildman–Crippen MR) is 110 cm³/mol. The predicted octanol–water partition coefficient (Wildman–Crippen LogP) is 4.22. The number of hydrogen-bond acceptors (Lipinski definition) is 6. The van der Waals surface area contributed by atoms with Gasteiger partial charge in [-0.05, 0) is 25.5 Å². The molecule has 1 aliphatic heterocycles. The molecule has 1 aromatic carbocycles. The van der Waals surface area contributed by atoms with Gasteiger partial charge in [0, 0.05) is 34.6 Å². The van der Waals surface area contributed by atoms with Crippen LogP contribution in [0.25, 0.3) is 21.6 Å². The van der Waals surface area contributed by atoms with Crippen LogP contribution in [0, 0.1) is 13.8 Å². The van der Waals surface area contributed by atoms with Gasteiger partial charge in [-0.2, -0.15) is 0 Å². The van der Waals surface area contributed by atoms with Crippen molar-refractivity contribution in [1.29, 1.82) is 0 Å². The number of aromatic nitrogens is 3. The maximum atomic E-state index is 12.7. The van der Waals surface area contributed by atoms with Gasteiger partial charge in [0.1, 0.15) is 15.9 Å². The minimum atomic E-state index is -0.386. The molecule has 138 valence electrons. The third kappa shape index (κ3) is 2.71. The van der Waals surface area contributed by atoms with Crippen LogP contribution in [0.5, 0.6) is 0 Å². The fourth-order valence-corrected chi connectivity index (χ4v) is 4.67. The Morgan fingerprint density at radius 2 is 1.79 bits per heavy atom. The Morgan fingerprint density at radius 1 is 1.04 bits per heavy atom. The van der Waals surface area contributed by atoms with Crippen LogP contribution < -0.4 is 10.6 Å². The maximum Gasteiger partial charge on any atom is 0.265 e. The maximum absolute atomic E-state index is 12.7. The second-order valence-electron chi connectivity index (χ2n) is 6.82. The number of carbonyl (C=O) groups is 1. The third-order valence-electron chi connectivity index (χ3n) is 4.79. The number of rotatable bonds is 2. The van der Waals surface area contributed by atoms with Gasteiger partial charge in [-0.3, -0.25) is 4.79 Å². The molecule has 1 atom stereocenters. The molecule has 0 fully saturated rings. The second-order valence-corrected chi connectivity index (χ2v) is 7.82. The van der Waals surface area contributed by atoms with Crippen LogP contribution in [0.3, 0.4) is 0 Å². The Bertz CT molecular complexity index is 1200. The van der Waals surface area contributed by atoms with E-state index >= 15 is 0 Å². The fourth-order valence-electron chi connectivity index (χ4n) is 3.51. The largest absolute Gasteiger partial charge is 0.360 e. The quantitative estimate of drug-likeness (QED) is 0.538. The Labute approximate surface area is 165 Å². The standard InChI is InChI=1S/C21H17N5OS/c1-11-8-12(2)24-21-15(11)16-17(28-21)20(27)26-19(25-16)14-9-22-18(23-10-14)13-6-4-3-5-7-13/h3-10,19,25H,1-2H3,(H,26,27). The van der Waals surface area contributed by atoms with E-state index in [-0.39, 0.29) is 12.1 Å². The van der Waals surface area contributed by atoms with E-state index in [0.717, 1.165) is 38.3 Å². The zero-order valence-corrected chi connectivity index (χ0v) is 16.2. The Morgan fingerprint density at radius 3 is 2.54 bits per heavy atom. The summed E-state index contributed by atoms with van der Waals surface area (Å²) in [5.41, 5.74) is 4.65. The minimum absolute atomic E-state index is 0.106. The molecule has 0 spiro atoms. The van der Waals surface area contributed by atoms with Crippen molar-refractivity contribution < 1.29 is 4.79 Å². The van der Waals surface area contributed by atoms with Gasteiger partial charge in [0.2, 0.25) is 0 Å². The molecule has 0 saturated carbocycles. The van der Waals surface area contributed by atoms with Gasteiger partial charge in [-0.15, -0.1) is 11.3 Å². The first-order valence-corrected chi connectivity index (χ1v) is 9.77. The Kier molecular flexibility index (Phi) is 3.84. The smallest absolute Gasteiger partial charge is 0.265 e. The van der Waals surface area contributed by atoms with Gasteiger partial charge < -0.3 is 10.6 Å². The lowest BCUT2D eigenvalue weighted by Gasteiger charge is -2.26. The number of aryl methyl sites for hydroxylation is 2. The summed E-state index contributed by atoms with van der Waals surface area (Å²) in [6, 6.07) is 11.8. The van der Waals surface area contributed by atoms with Crippen LogP contribution in [0.2, 0.25) is 0 Å². The number of anilines is 1. The van der Waals surface area contributed by atoms with E-state index in [1.165, 1.54) is 11.3 Å². The zero-order chi connectivity index (χ0) is 19.3. The summed E-state index contributed by atoms with van der Waals surface area (Å²) in [6.07, 6.45) is 3.12. The van der Waals surface area contributed by atoms with Crippen molar-refractivity contribution >= 4 is 33.1 Å². The van der Waals surface area contributed by atoms with E-state index in [1.807, 2.05) is 50.2 Å². The summed E-state index contributed by atoms with van der Waals surface area (Å²) in [4.78, 5) is 27.8. The first-order valence-electron chi connectivity index (χ1n) is 8.95. The normalized spacial score (nSPS) is 15.8. The summed E-state index contributed by atoms with van der Waals surface area (Å²) in [5.74, 6) is 0.551. The summed E-state index contributed by atoms with van der Waals surface area (Å²) < 4.78 is 0. The van der Waals surface area contributed by atoms with Crippen LogP contribution in [-0.4, -0.2) is 20.9 Å². The monoisotopic (exact) mass is 387 g/mol. The zero-order valence-electron chi connectivity index (χ0n) is 15.4. The van der Waals surface area contributed by atoms with Crippen LogP contribution in [0.15, 0.2) is 48.8 Å². The Hall–Kier alpha value is -3.32.